The van der Waals surface area contributed by atoms with Crippen molar-refractivity contribution in [3.05, 3.63) is 71.3 Å². The first kappa shape index (κ1) is 13.5. The summed E-state index contributed by atoms with van der Waals surface area (Å²) in [5.74, 6) is -0.957. The van der Waals surface area contributed by atoms with Crippen LogP contribution < -0.4 is 0 Å². The van der Waals surface area contributed by atoms with E-state index in [1.54, 1.807) is 24.3 Å². The van der Waals surface area contributed by atoms with Crippen LogP contribution in [0.3, 0.4) is 0 Å². The zero-order valence-electron chi connectivity index (χ0n) is 11.5. The second-order valence-electron chi connectivity index (χ2n) is 5.15. The molecule has 0 spiro atoms. The lowest BCUT2D eigenvalue weighted by Crippen LogP contribution is -2.41. The first-order chi connectivity index (χ1) is 10.1. The Bertz CT molecular complexity index is 694. The summed E-state index contributed by atoms with van der Waals surface area (Å²) in [6.07, 6.45) is -0.0839. The molecule has 2 aromatic carbocycles. The molecule has 1 unspecified atom stereocenters. The molecule has 1 aliphatic heterocycles. The zero-order chi connectivity index (χ0) is 14.9. The third-order valence-corrected chi connectivity index (χ3v) is 3.53. The van der Waals surface area contributed by atoms with E-state index in [0.717, 1.165) is 11.1 Å². The zero-order valence-corrected chi connectivity index (χ0v) is 11.5. The average molecular weight is 283 g/mol. The van der Waals surface area contributed by atoms with Gasteiger partial charge in [0.25, 0.3) is 5.67 Å². The number of hydrogen-bond acceptors (Lipinski definition) is 3. The van der Waals surface area contributed by atoms with Gasteiger partial charge in [-0.3, -0.25) is 0 Å². The second-order valence-corrected chi connectivity index (χ2v) is 5.15. The number of carbonyl (C=O) groups is 1. The summed E-state index contributed by atoms with van der Waals surface area (Å²) in [7, 11) is 0. The summed E-state index contributed by atoms with van der Waals surface area (Å²) < 4.78 is 15.2. The maximum absolute atomic E-state index is 15.2. The molecule has 21 heavy (non-hydrogen) atoms. The standard InChI is InChI=1S/C17H14FNO2/c1-12-7-9-14(10-8-12)15-17(18,16(20)21-19-15)11-13-5-3-2-4-6-13/h2-10H,11H2,1H3. The van der Waals surface area contributed by atoms with Crippen LogP contribution in [0, 0.1) is 6.92 Å². The van der Waals surface area contributed by atoms with Crippen molar-refractivity contribution in [1.29, 1.82) is 0 Å². The van der Waals surface area contributed by atoms with Crippen LogP contribution in [0.4, 0.5) is 4.39 Å². The molecule has 0 radical (unpaired) electrons. The lowest BCUT2D eigenvalue weighted by atomic mass is 9.88. The Morgan fingerprint density at radius 3 is 2.43 bits per heavy atom. The van der Waals surface area contributed by atoms with E-state index >= 15 is 4.39 Å². The molecule has 0 N–H and O–H groups in total. The second kappa shape index (κ2) is 5.13. The quantitative estimate of drug-likeness (QED) is 0.811. The first-order valence-electron chi connectivity index (χ1n) is 6.69. The number of aryl methyl sites for hydroxylation is 1. The van der Waals surface area contributed by atoms with E-state index in [1.165, 1.54) is 0 Å². The molecule has 1 atom stereocenters. The third-order valence-electron chi connectivity index (χ3n) is 3.53. The highest BCUT2D eigenvalue weighted by molar-refractivity contribution is 6.20. The summed E-state index contributed by atoms with van der Waals surface area (Å²) in [5.41, 5.74) is 0.133. The van der Waals surface area contributed by atoms with Crippen LogP contribution in [0.5, 0.6) is 0 Å². The molecule has 1 heterocycles. The Morgan fingerprint density at radius 1 is 1.10 bits per heavy atom. The molecule has 1 aliphatic rings. The summed E-state index contributed by atoms with van der Waals surface area (Å²) in [6, 6.07) is 16.2. The Balaban J connectivity index is 1.96. The Morgan fingerprint density at radius 2 is 1.76 bits per heavy atom. The van der Waals surface area contributed by atoms with Gasteiger partial charge in [-0.25, -0.2) is 9.18 Å². The number of halogens is 1. The van der Waals surface area contributed by atoms with Gasteiger partial charge in [-0.2, -0.15) is 0 Å². The topological polar surface area (TPSA) is 38.7 Å². The smallest absolute Gasteiger partial charge is 0.314 e. The van der Waals surface area contributed by atoms with Gasteiger partial charge in [0.05, 0.1) is 0 Å². The highest BCUT2D eigenvalue weighted by atomic mass is 19.1. The molecule has 0 amide bonds. The number of nitrogens with zero attached hydrogens (tertiary/aromatic N) is 1. The Hall–Kier alpha value is -2.49. The van der Waals surface area contributed by atoms with E-state index < -0.39 is 11.6 Å². The fourth-order valence-corrected chi connectivity index (χ4v) is 2.35. The van der Waals surface area contributed by atoms with Gasteiger partial charge in [0, 0.05) is 12.0 Å². The maximum atomic E-state index is 15.2. The lowest BCUT2D eigenvalue weighted by Gasteiger charge is -2.17. The minimum Gasteiger partial charge on any atom is -0.314 e. The molecule has 4 heteroatoms. The predicted molar refractivity (Wildman–Crippen MR) is 77.8 cm³/mol. The van der Waals surface area contributed by atoms with Gasteiger partial charge >= 0.3 is 5.97 Å². The van der Waals surface area contributed by atoms with Crippen LogP contribution in [0.25, 0.3) is 0 Å². The normalized spacial score (nSPS) is 21.0. The Kier molecular flexibility index (Phi) is 3.29. The monoisotopic (exact) mass is 283 g/mol. The maximum Gasteiger partial charge on any atom is 0.378 e. The van der Waals surface area contributed by atoms with E-state index in [4.69, 9.17) is 0 Å². The van der Waals surface area contributed by atoms with Gasteiger partial charge in [0.1, 0.15) is 5.71 Å². The third kappa shape index (κ3) is 2.44. The van der Waals surface area contributed by atoms with E-state index in [0.29, 0.717) is 5.56 Å². The highest BCUT2D eigenvalue weighted by Gasteiger charge is 2.51. The summed E-state index contributed by atoms with van der Waals surface area (Å²) in [6.45, 7) is 1.94. The summed E-state index contributed by atoms with van der Waals surface area (Å²) in [5, 5.41) is 3.66. The van der Waals surface area contributed by atoms with Crippen molar-refractivity contribution in [2.45, 2.75) is 19.0 Å². The summed E-state index contributed by atoms with van der Waals surface area (Å²) >= 11 is 0. The minimum atomic E-state index is -2.24. The highest BCUT2D eigenvalue weighted by Crippen LogP contribution is 2.30. The molecule has 0 aliphatic carbocycles. The number of alkyl halides is 1. The molecule has 0 saturated heterocycles. The lowest BCUT2D eigenvalue weighted by molar-refractivity contribution is -0.149. The molecule has 0 fully saturated rings. The number of oxime groups is 1. The van der Waals surface area contributed by atoms with Crippen molar-refractivity contribution in [2.75, 3.05) is 0 Å². The SMILES string of the molecule is Cc1ccc(C2=NOC(=O)C2(F)Cc2ccccc2)cc1. The van der Waals surface area contributed by atoms with Crippen LogP contribution in [-0.4, -0.2) is 17.3 Å². The van der Waals surface area contributed by atoms with Gasteiger partial charge < -0.3 is 4.84 Å². The predicted octanol–water partition coefficient (Wildman–Crippen LogP) is 3.21. The van der Waals surface area contributed by atoms with Gasteiger partial charge in [-0.15, -0.1) is 0 Å². The van der Waals surface area contributed by atoms with E-state index in [-0.39, 0.29) is 12.1 Å². The summed E-state index contributed by atoms with van der Waals surface area (Å²) in [4.78, 5) is 16.5. The van der Waals surface area contributed by atoms with Gasteiger partial charge in [-0.1, -0.05) is 65.3 Å². The van der Waals surface area contributed by atoms with Gasteiger partial charge in [0.15, 0.2) is 0 Å². The molecular weight excluding hydrogens is 269 g/mol. The van der Waals surface area contributed by atoms with E-state index in [9.17, 15) is 4.79 Å². The first-order valence-corrected chi connectivity index (χ1v) is 6.69. The van der Waals surface area contributed by atoms with Crippen molar-refractivity contribution < 1.29 is 14.0 Å². The van der Waals surface area contributed by atoms with Crippen LogP contribution in [0.1, 0.15) is 16.7 Å². The van der Waals surface area contributed by atoms with Crippen molar-refractivity contribution in [3.8, 4) is 0 Å². The minimum absolute atomic E-state index is 0.0383. The van der Waals surface area contributed by atoms with Crippen molar-refractivity contribution in [3.63, 3.8) is 0 Å². The fourth-order valence-electron chi connectivity index (χ4n) is 2.35. The molecule has 3 nitrogen and oxygen atoms in total. The van der Waals surface area contributed by atoms with E-state index in [2.05, 4.69) is 9.99 Å². The number of benzene rings is 2. The largest absolute Gasteiger partial charge is 0.378 e. The molecule has 3 rings (SSSR count). The molecular formula is C17H14FNO2. The van der Waals surface area contributed by atoms with Crippen LogP contribution in [0.15, 0.2) is 59.8 Å². The van der Waals surface area contributed by atoms with E-state index in [1.807, 2.05) is 37.3 Å². The van der Waals surface area contributed by atoms with Crippen molar-refractivity contribution >= 4 is 11.7 Å². The van der Waals surface area contributed by atoms with Gasteiger partial charge in [-0.05, 0) is 12.5 Å². The Labute approximate surface area is 122 Å². The average Bonchev–Trinajstić information content (AvgIpc) is 2.77. The molecule has 106 valence electrons. The van der Waals surface area contributed by atoms with Crippen LogP contribution in [0.2, 0.25) is 0 Å². The number of carbonyl (C=O) groups excluding carboxylic acids is 1. The molecule has 0 saturated carbocycles. The molecule has 2 aromatic rings. The number of hydrogen-bond donors (Lipinski definition) is 0. The van der Waals surface area contributed by atoms with Gasteiger partial charge in [0.2, 0.25) is 0 Å². The van der Waals surface area contributed by atoms with Crippen LogP contribution >= 0.6 is 0 Å². The van der Waals surface area contributed by atoms with Crippen LogP contribution in [-0.2, 0) is 16.1 Å². The number of rotatable bonds is 3. The fraction of sp³-hybridized carbons (Fsp3) is 0.176. The molecule has 0 aromatic heterocycles. The van der Waals surface area contributed by atoms with Crippen molar-refractivity contribution in [2.24, 2.45) is 5.16 Å². The van der Waals surface area contributed by atoms with Crippen molar-refractivity contribution in [1.82, 2.24) is 0 Å². The molecule has 0 bridgehead atoms.